The van der Waals surface area contributed by atoms with E-state index in [4.69, 9.17) is 4.74 Å². The van der Waals surface area contributed by atoms with Crippen LogP contribution in [-0.2, 0) is 9.84 Å². The standard InChI is InChI=1S/C17H23FN2O4S/c1-11-2-6-14(10-25(11,22)23)19-17(21)20-15-8-13(18)5-7-16(15)24-9-12-3-4-12/h5,7-8,11-12,14H,2-4,6,9-10H2,1H3,(H2,19,20,21). The van der Waals surface area contributed by atoms with Gasteiger partial charge in [0.25, 0.3) is 0 Å². The molecule has 1 aromatic rings. The lowest BCUT2D eigenvalue weighted by Gasteiger charge is -2.27. The Morgan fingerprint density at radius 3 is 2.72 bits per heavy atom. The number of amides is 2. The number of benzene rings is 1. The van der Waals surface area contributed by atoms with Crippen LogP contribution in [0.15, 0.2) is 18.2 Å². The highest BCUT2D eigenvalue weighted by atomic mass is 32.2. The molecule has 1 heterocycles. The van der Waals surface area contributed by atoms with Gasteiger partial charge in [0.15, 0.2) is 9.84 Å². The third-order valence-electron chi connectivity index (χ3n) is 4.66. The van der Waals surface area contributed by atoms with E-state index in [-0.39, 0.29) is 16.7 Å². The maximum atomic E-state index is 13.5. The van der Waals surface area contributed by atoms with Gasteiger partial charge in [0.2, 0.25) is 0 Å². The van der Waals surface area contributed by atoms with E-state index >= 15 is 0 Å². The van der Waals surface area contributed by atoms with Gasteiger partial charge in [-0.25, -0.2) is 17.6 Å². The van der Waals surface area contributed by atoms with Gasteiger partial charge in [-0.2, -0.15) is 0 Å². The van der Waals surface area contributed by atoms with E-state index in [0.29, 0.717) is 31.1 Å². The van der Waals surface area contributed by atoms with Crippen LogP contribution in [0.3, 0.4) is 0 Å². The molecular weight excluding hydrogens is 347 g/mol. The summed E-state index contributed by atoms with van der Waals surface area (Å²) < 4.78 is 43.0. The maximum Gasteiger partial charge on any atom is 0.319 e. The number of hydrogen-bond donors (Lipinski definition) is 2. The maximum absolute atomic E-state index is 13.5. The van der Waals surface area contributed by atoms with Gasteiger partial charge in [-0.1, -0.05) is 0 Å². The molecule has 2 fully saturated rings. The van der Waals surface area contributed by atoms with Crippen LogP contribution in [0.2, 0.25) is 0 Å². The lowest BCUT2D eigenvalue weighted by atomic mass is 10.1. The minimum absolute atomic E-state index is 0.0736. The van der Waals surface area contributed by atoms with Crippen molar-refractivity contribution in [2.45, 2.75) is 43.9 Å². The van der Waals surface area contributed by atoms with Crippen LogP contribution < -0.4 is 15.4 Å². The number of carbonyl (C=O) groups is 1. The minimum atomic E-state index is -3.18. The lowest BCUT2D eigenvalue weighted by molar-refractivity contribution is 0.248. The fourth-order valence-electron chi connectivity index (χ4n) is 2.82. The highest BCUT2D eigenvalue weighted by Crippen LogP contribution is 2.32. The van der Waals surface area contributed by atoms with Crippen LogP contribution in [0, 0.1) is 11.7 Å². The van der Waals surface area contributed by atoms with Gasteiger partial charge >= 0.3 is 6.03 Å². The van der Waals surface area contributed by atoms with Crippen molar-refractivity contribution in [1.82, 2.24) is 5.32 Å². The van der Waals surface area contributed by atoms with Crippen LogP contribution >= 0.6 is 0 Å². The van der Waals surface area contributed by atoms with E-state index in [2.05, 4.69) is 10.6 Å². The molecule has 6 nitrogen and oxygen atoms in total. The molecule has 1 saturated carbocycles. The zero-order chi connectivity index (χ0) is 18.0. The first-order chi connectivity index (χ1) is 11.8. The summed E-state index contributed by atoms with van der Waals surface area (Å²) in [6.45, 7) is 2.22. The van der Waals surface area contributed by atoms with Crippen LogP contribution in [0.1, 0.15) is 32.6 Å². The van der Waals surface area contributed by atoms with Crippen LogP contribution in [0.25, 0.3) is 0 Å². The van der Waals surface area contributed by atoms with Crippen molar-refractivity contribution < 1.29 is 22.3 Å². The number of carbonyl (C=O) groups excluding carboxylic acids is 1. The molecule has 2 atom stereocenters. The average molecular weight is 370 g/mol. The summed E-state index contributed by atoms with van der Waals surface area (Å²) in [5.41, 5.74) is 0.241. The summed E-state index contributed by atoms with van der Waals surface area (Å²) in [5.74, 6) is 0.383. The first-order valence-corrected chi connectivity index (χ1v) is 10.3. The molecule has 0 aromatic heterocycles. The van der Waals surface area contributed by atoms with Gasteiger partial charge in [-0.3, -0.25) is 0 Å². The Kier molecular flexibility index (Phi) is 5.17. The van der Waals surface area contributed by atoms with Gasteiger partial charge in [0.1, 0.15) is 11.6 Å². The highest BCUT2D eigenvalue weighted by Gasteiger charge is 2.32. The second kappa shape index (κ2) is 7.19. The third kappa shape index (κ3) is 4.84. The van der Waals surface area contributed by atoms with E-state index in [1.165, 1.54) is 18.2 Å². The van der Waals surface area contributed by atoms with Crippen molar-refractivity contribution in [2.75, 3.05) is 17.7 Å². The van der Waals surface area contributed by atoms with E-state index < -0.39 is 27.7 Å². The molecule has 2 aliphatic rings. The van der Waals surface area contributed by atoms with Crippen molar-refractivity contribution in [2.24, 2.45) is 5.92 Å². The van der Waals surface area contributed by atoms with Crippen molar-refractivity contribution in [3.05, 3.63) is 24.0 Å². The Labute approximate surface area is 147 Å². The molecule has 8 heteroatoms. The summed E-state index contributed by atoms with van der Waals surface area (Å²) >= 11 is 0. The fraction of sp³-hybridized carbons (Fsp3) is 0.588. The fourth-order valence-corrected chi connectivity index (χ4v) is 4.45. The number of nitrogens with one attached hydrogen (secondary N) is 2. The largest absolute Gasteiger partial charge is 0.491 e. The van der Waals surface area contributed by atoms with Crippen molar-refractivity contribution in [3.63, 3.8) is 0 Å². The third-order valence-corrected chi connectivity index (χ3v) is 6.99. The molecule has 0 radical (unpaired) electrons. The molecule has 1 aliphatic carbocycles. The first-order valence-electron chi connectivity index (χ1n) is 8.55. The molecule has 25 heavy (non-hydrogen) atoms. The predicted octanol–water partition coefficient (Wildman–Crippen LogP) is 2.70. The molecule has 2 amide bonds. The Bertz CT molecular complexity index is 749. The summed E-state index contributed by atoms with van der Waals surface area (Å²) in [4.78, 5) is 12.2. The number of sulfone groups is 1. The van der Waals surface area contributed by atoms with E-state index in [1.807, 2.05) is 0 Å². The molecule has 138 valence electrons. The molecule has 2 N–H and O–H groups in total. The Hall–Kier alpha value is -1.83. The van der Waals surface area contributed by atoms with Gasteiger partial charge in [-0.05, 0) is 50.7 Å². The van der Waals surface area contributed by atoms with Gasteiger partial charge in [-0.15, -0.1) is 0 Å². The SMILES string of the molecule is CC1CCC(NC(=O)Nc2cc(F)ccc2OCC2CC2)CS1(=O)=O. The highest BCUT2D eigenvalue weighted by molar-refractivity contribution is 7.92. The Morgan fingerprint density at radius 2 is 2.04 bits per heavy atom. The van der Waals surface area contributed by atoms with E-state index in [1.54, 1.807) is 6.92 Å². The monoisotopic (exact) mass is 370 g/mol. The summed E-state index contributed by atoms with van der Waals surface area (Å²) in [6.07, 6.45) is 3.36. The van der Waals surface area contributed by atoms with Crippen LogP contribution in [-0.4, -0.2) is 38.1 Å². The number of anilines is 1. The zero-order valence-corrected chi connectivity index (χ0v) is 14.9. The molecule has 2 unspecified atom stereocenters. The number of ether oxygens (including phenoxy) is 1. The Morgan fingerprint density at radius 1 is 1.28 bits per heavy atom. The van der Waals surface area contributed by atoms with Gasteiger partial charge in [0.05, 0.1) is 23.3 Å². The summed E-state index contributed by atoms with van der Waals surface area (Å²) in [7, 11) is -3.18. The molecule has 3 rings (SSSR count). The zero-order valence-electron chi connectivity index (χ0n) is 14.1. The molecule has 1 aliphatic heterocycles. The summed E-state index contributed by atoms with van der Waals surface area (Å²) in [6, 6.07) is 2.96. The quantitative estimate of drug-likeness (QED) is 0.835. The minimum Gasteiger partial charge on any atom is -0.491 e. The number of urea groups is 1. The number of hydrogen-bond acceptors (Lipinski definition) is 4. The molecular formula is C17H23FN2O4S. The topological polar surface area (TPSA) is 84.5 Å². The average Bonchev–Trinajstić information content (AvgIpc) is 3.34. The molecule has 1 aromatic carbocycles. The van der Waals surface area contributed by atoms with Gasteiger partial charge < -0.3 is 15.4 Å². The van der Waals surface area contributed by atoms with E-state index in [9.17, 15) is 17.6 Å². The van der Waals surface area contributed by atoms with Crippen LogP contribution in [0.5, 0.6) is 5.75 Å². The van der Waals surface area contributed by atoms with Crippen LogP contribution in [0.4, 0.5) is 14.9 Å². The van der Waals surface area contributed by atoms with E-state index in [0.717, 1.165) is 12.8 Å². The second-order valence-electron chi connectivity index (χ2n) is 6.91. The van der Waals surface area contributed by atoms with Crippen molar-refractivity contribution >= 4 is 21.6 Å². The van der Waals surface area contributed by atoms with Crippen molar-refractivity contribution in [3.8, 4) is 5.75 Å². The summed E-state index contributed by atoms with van der Waals surface area (Å²) in [5, 5.41) is 4.86. The number of rotatable bonds is 5. The second-order valence-corrected chi connectivity index (χ2v) is 9.37. The van der Waals surface area contributed by atoms with Gasteiger partial charge in [0, 0.05) is 12.1 Å². The molecule has 0 spiro atoms. The smallest absolute Gasteiger partial charge is 0.319 e. The lowest BCUT2D eigenvalue weighted by Crippen LogP contribution is -2.47. The Balaban J connectivity index is 1.61. The normalized spacial score (nSPS) is 25.2. The first kappa shape index (κ1) is 18.0. The number of halogens is 1. The molecule has 0 bridgehead atoms. The van der Waals surface area contributed by atoms with Crippen molar-refractivity contribution in [1.29, 1.82) is 0 Å². The predicted molar refractivity (Wildman–Crippen MR) is 93.0 cm³/mol. The molecule has 1 saturated heterocycles.